The number of Topliss-reactive ketones (excluding diaryl/α,β-unsaturated/α-hetero) is 2. The van der Waals surface area contributed by atoms with Crippen molar-refractivity contribution in [2.75, 3.05) is 11.4 Å². The third kappa shape index (κ3) is 3.39. The predicted molar refractivity (Wildman–Crippen MR) is 92.8 cm³/mol. The van der Waals surface area contributed by atoms with E-state index in [9.17, 15) is 14.4 Å². The second kappa shape index (κ2) is 6.97. The molecule has 2 aromatic carbocycles. The van der Waals surface area contributed by atoms with Crippen LogP contribution in [0.25, 0.3) is 0 Å². The minimum Gasteiger partial charge on any atom is -0.311 e. The highest BCUT2D eigenvalue weighted by Crippen LogP contribution is 2.27. The van der Waals surface area contributed by atoms with Crippen LogP contribution in [0.5, 0.6) is 0 Å². The number of rotatable bonds is 4. The number of nitrogens with zero attached hydrogens (tertiary/aromatic N) is 1. The van der Waals surface area contributed by atoms with Gasteiger partial charge in [0.05, 0.1) is 5.69 Å². The number of benzene rings is 2. The zero-order valence-corrected chi connectivity index (χ0v) is 13.8. The molecule has 0 saturated heterocycles. The van der Waals surface area contributed by atoms with Gasteiger partial charge in [0.1, 0.15) is 0 Å². The quantitative estimate of drug-likeness (QED) is 0.792. The molecule has 1 heterocycles. The Bertz CT molecular complexity index is 799. The van der Waals surface area contributed by atoms with Gasteiger partial charge < -0.3 is 4.90 Å². The lowest BCUT2D eigenvalue weighted by molar-refractivity contribution is -0.118. The van der Waals surface area contributed by atoms with Crippen LogP contribution in [0.2, 0.25) is 5.02 Å². The van der Waals surface area contributed by atoms with Gasteiger partial charge in [0, 0.05) is 42.0 Å². The number of para-hydroxylation sites is 1. The molecular weight excluding hydrogens is 326 g/mol. The highest BCUT2D eigenvalue weighted by atomic mass is 35.5. The molecule has 2 aromatic rings. The van der Waals surface area contributed by atoms with Crippen molar-refractivity contribution < 1.29 is 14.4 Å². The number of amides is 1. The van der Waals surface area contributed by atoms with E-state index in [4.69, 9.17) is 11.6 Å². The minimum atomic E-state index is -0.141. The summed E-state index contributed by atoms with van der Waals surface area (Å²) in [6, 6.07) is 13.7. The molecule has 0 aliphatic carbocycles. The van der Waals surface area contributed by atoms with Crippen molar-refractivity contribution in [3.05, 3.63) is 64.7 Å². The number of hydrogen-bond acceptors (Lipinski definition) is 3. The van der Waals surface area contributed by atoms with Crippen molar-refractivity contribution in [1.29, 1.82) is 0 Å². The molecule has 0 unspecified atom stereocenters. The van der Waals surface area contributed by atoms with E-state index in [1.54, 1.807) is 53.4 Å². The Morgan fingerprint density at radius 2 is 1.71 bits per heavy atom. The van der Waals surface area contributed by atoms with Gasteiger partial charge in [-0.15, -0.1) is 0 Å². The van der Waals surface area contributed by atoms with Crippen molar-refractivity contribution in [2.24, 2.45) is 0 Å². The molecule has 4 nitrogen and oxygen atoms in total. The monoisotopic (exact) mass is 341 g/mol. The Labute approximate surface area is 145 Å². The SMILES string of the molecule is O=C(CCC(=O)N1CCC(=O)c2ccccc21)c1ccc(Cl)cc1. The fourth-order valence-corrected chi connectivity index (χ4v) is 2.93. The van der Waals surface area contributed by atoms with Crippen molar-refractivity contribution in [3.8, 4) is 0 Å². The molecule has 24 heavy (non-hydrogen) atoms. The fourth-order valence-electron chi connectivity index (χ4n) is 2.81. The average Bonchev–Trinajstić information content (AvgIpc) is 2.60. The molecule has 5 heteroatoms. The molecule has 0 fully saturated rings. The lowest BCUT2D eigenvalue weighted by Crippen LogP contribution is -2.37. The summed E-state index contributed by atoms with van der Waals surface area (Å²) >= 11 is 5.81. The van der Waals surface area contributed by atoms with Crippen LogP contribution in [0.3, 0.4) is 0 Å². The van der Waals surface area contributed by atoms with Crippen LogP contribution in [0.4, 0.5) is 5.69 Å². The number of carbonyl (C=O) groups is 3. The first kappa shape index (κ1) is 16.4. The number of fused-ring (bicyclic) bond motifs is 1. The molecule has 0 aromatic heterocycles. The maximum atomic E-state index is 12.5. The van der Waals surface area contributed by atoms with E-state index in [0.29, 0.717) is 34.8 Å². The number of ketones is 2. The maximum Gasteiger partial charge on any atom is 0.227 e. The predicted octanol–water partition coefficient (Wildman–Crippen LogP) is 3.92. The van der Waals surface area contributed by atoms with E-state index < -0.39 is 0 Å². The lowest BCUT2D eigenvalue weighted by Gasteiger charge is -2.28. The zero-order chi connectivity index (χ0) is 17.1. The van der Waals surface area contributed by atoms with Crippen LogP contribution in [0.1, 0.15) is 40.0 Å². The molecule has 0 radical (unpaired) electrons. The molecule has 0 spiro atoms. The summed E-state index contributed by atoms with van der Waals surface area (Å²) in [5.74, 6) is -0.189. The first-order chi connectivity index (χ1) is 11.6. The second-order valence-electron chi connectivity index (χ2n) is 5.67. The van der Waals surface area contributed by atoms with Gasteiger partial charge in [0.2, 0.25) is 5.91 Å². The topological polar surface area (TPSA) is 54.5 Å². The molecule has 3 rings (SSSR count). The van der Waals surface area contributed by atoms with Crippen LogP contribution in [-0.2, 0) is 4.79 Å². The third-order valence-corrected chi connectivity index (χ3v) is 4.34. The van der Waals surface area contributed by atoms with Crippen LogP contribution < -0.4 is 4.90 Å². The molecule has 1 aliphatic heterocycles. The van der Waals surface area contributed by atoms with E-state index in [1.807, 2.05) is 0 Å². The van der Waals surface area contributed by atoms with E-state index in [2.05, 4.69) is 0 Å². The molecule has 0 N–H and O–H groups in total. The number of hydrogen-bond donors (Lipinski definition) is 0. The van der Waals surface area contributed by atoms with Crippen LogP contribution in [0, 0.1) is 0 Å². The van der Waals surface area contributed by atoms with Crippen molar-refractivity contribution in [2.45, 2.75) is 19.3 Å². The second-order valence-corrected chi connectivity index (χ2v) is 6.10. The van der Waals surface area contributed by atoms with E-state index in [0.717, 1.165) is 0 Å². The third-order valence-electron chi connectivity index (χ3n) is 4.09. The van der Waals surface area contributed by atoms with E-state index >= 15 is 0 Å². The highest BCUT2D eigenvalue weighted by molar-refractivity contribution is 6.30. The van der Waals surface area contributed by atoms with E-state index in [-0.39, 0.29) is 30.3 Å². The van der Waals surface area contributed by atoms with Crippen molar-refractivity contribution in [1.82, 2.24) is 0 Å². The first-order valence-electron chi connectivity index (χ1n) is 7.77. The Kier molecular flexibility index (Phi) is 4.76. The molecule has 1 amide bonds. The normalized spacial score (nSPS) is 13.5. The molecular formula is C19H16ClNO3. The summed E-state index contributed by atoms with van der Waals surface area (Å²) in [5, 5.41) is 0.567. The minimum absolute atomic E-state index is 0.0480. The first-order valence-corrected chi connectivity index (χ1v) is 8.15. The number of carbonyl (C=O) groups excluding carboxylic acids is 3. The van der Waals surface area contributed by atoms with Crippen LogP contribution in [-0.4, -0.2) is 24.0 Å². The summed E-state index contributed by atoms with van der Waals surface area (Å²) in [4.78, 5) is 38.2. The average molecular weight is 342 g/mol. The van der Waals surface area contributed by atoms with Gasteiger partial charge in [-0.3, -0.25) is 14.4 Å². The summed E-state index contributed by atoms with van der Waals surface area (Å²) < 4.78 is 0. The largest absolute Gasteiger partial charge is 0.311 e. The summed E-state index contributed by atoms with van der Waals surface area (Å²) in [7, 11) is 0. The Balaban J connectivity index is 1.67. The summed E-state index contributed by atoms with van der Waals surface area (Å²) in [5.41, 5.74) is 1.75. The fraction of sp³-hybridized carbons (Fsp3) is 0.211. The molecule has 122 valence electrons. The van der Waals surface area contributed by atoms with Crippen LogP contribution >= 0.6 is 11.6 Å². The molecule has 0 saturated carbocycles. The van der Waals surface area contributed by atoms with Crippen LogP contribution in [0.15, 0.2) is 48.5 Å². The van der Waals surface area contributed by atoms with E-state index in [1.165, 1.54) is 0 Å². The molecule has 0 bridgehead atoms. The number of anilines is 1. The molecule has 1 aliphatic rings. The standard InChI is InChI=1S/C19H16ClNO3/c20-14-7-5-13(6-8-14)17(22)9-10-19(24)21-12-11-18(23)15-3-1-2-4-16(15)21/h1-8H,9-12H2. The van der Waals surface area contributed by atoms with Gasteiger partial charge in [0.15, 0.2) is 11.6 Å². The Morgan fingerprint density at radius 1 is 1.00 bits per heavy atom. The van der Waals surface area contributed by atoms with Gasteiger partial charge in [0.25, 0.3) is 0 Å². The van der Waals surface area contributed by atoms with Gasteiger partial charge in [-0.25, -0.2) is 0 Å². The number of halogens is 1. The van der Waals surface area contributed by atoms with Crippen molar-refractivity contribution in [3.63, 3.8) is 0 Å². The van der Waals surface area contributed by atoms with Gasteiger partial charge in [-0.1, -0.05) is 23.7 Å². The molecule has 0 atom stereocenters. The van der Waals surface area contributed by atoms with Gasteiger partial charge in [-0.2, -0.15) is 0 Å². The maximum absolute atomic E-state index is 12.5. The highest BCUT2D eigenvalue weighted by Gasteiger charge is 2.26. The summed E-state index contributed by atoms with van der Waals surface area (Å²) in [6.45, 7) is 0.365. The van der Waals surface area contributed by atoms with Gasteiger partial charge >= 0.3 is 0 Å². The van der Waals surface area contributed by atoms with Gasteiger partial charge in [-0.05, 0) is 36.4 Å². The smallest absolute Gasteiger partial charge is 0.227 e. The Morgan fingerprint density at radius 3 is 2.46 bits per heavy atom. The lowest BCUT2D eigenvalue weighted by atomic mass is 9.99. The Hall–Kier alpha value is -2.46. The summed E-state index contributed by atoms with van der Waals surface area (Å²) in [6.07, 6.45) is 0.560. The van der Waals surface area contributed by atoms with Crippen molar-refractivity contribution >= 4 is 34.8 Å². The zero-order valence-electron chi connectivity index (χ0n) is 13.0.